The Labute approximate surface area is 233 Å². The highest BCUT2D eigenvalue weighted by Gasteiger charge is 2.35. The lowest BCUT2D eigenvalue weighted by molar-refractivity contribution is -0.143. The van der Waals surface area contributed by atoms with Crippen molar-refractivity contribution < 1.29 is 28.0 Å². The number of nitriles is 1. The second-order valence-electron chi connectivity index (χ2n) is 8.98. The van der Waals surface area contributed by atoms with E-state index in [4.69, 9.17) is 10.5 Å². The molecule has 0 radical (unpaired) electrons. The van der Waals surface area contributed by atoms with Crippen LogP contribution in [-0.4, -0.2) is 55.3 Å². The third-order valence-electron chi connectivity index (χ3n) is 6.34. The Balaban J connectivity index is 1.97. The highest BCUT2D eigenvalue weighted by atomic mass is 32.2. The second kappa shape index (κ2) is 13.1. The van der Waals surface area contributed by atoms with Crippen molar-refractivity contribution in [2.45, 2.75) is 26.3 Å². The van der Waals surface area contributed by atoms with Gasteiger partial charge in [-0.25, -0.2) is 8.42 Å². The molecule has 12 heteroatoms. The molecule has 3 rings (SSSR count). The molecule has 0 saturated heterocycles. The van der Waals surface area contributed by atoms with Gasteiger partial charge in [-0.05, 0) is 66.8 Å². The summed E-state index contributed by atoms with van der Waals surface area (Å²) in [6, 6.07) is 17.8. The molecule has 1 atom stereocenters. The number of hydrogen-bond acceptors (Lipinski definition) is 9. The number of amides is 1. The van der Waals surface area contributed by atoms with Gasteiger partial charge in [0, 0.05) is 5.69 Å². The van der Waals surface area contributed by atoms with Gasteiger partial charge >= 0.3 is 5.97 Å². The summed E-state index contributed by atoms with van der Waals surface area (Å²) in [5.74, 6) is -1.48. The fraction of sp³-hybridized carbons (Fsp3) is 0.250. The van der Waals surface area contributed by atoms with Crippen LogP contribution in [0.15, 0.2) is 60.7 Å². The van der Waals surface area contributed by atoms with Crippen LogP contribution in [0.25, 0.3) is 11.1 Å². The number of benzene rings is 3. The number of nitrogens with zero attached hydrogens (tertiary/aromatic N) is 2. The maximum absolute atomic E-state index is 13.6. The van der Waals surface area contributed by atoms with Crippen molar-refractivity contribution in [3.05, 3.63) is 77.4 Å². The van der Waals surface area contributed by atoms with Gasteiger partial charge in [0.25, 0.3) is 0 Å². The first-order valence-electron chi connectivity index (χ1n) is 12.3. The van der Waals surface area contributed by atoms with Gasteiger partial charge in [0.15, 0.2) is 0 Å². The lowest BCUT2D eigenvalue weighted by Crippen LogP contribution is -2.50. The van der Waals surface area contributed by atoms with E-state index in [-0.39, 0.29) is 24.4 Å². The molecule has 11 nitrogen and oxygen atoms in total. The molecule has 210 valence electrons. The van der Waals surface area contributed by atoms with E-state index in [1.165, 1.54) is 6.07 Å². The topological polar surface area (TPSA) is 175 Å². The molecule has 0 saturated carbocycles. The first-order chi connectivity index (χ1) is 19.0. The summed E-state index contributed by atoms with van der Waals surface area (Å²) in [5.41, 5.74) is 12.0. The van der Waals surface area contributed by atoms with Gasteiger partial charge in [-0.3, -0.25) is 20.3 Å². The average Bonchev–Trinajstić information content (AvgIpc) is 2.93. The Bertz CT molecular complexity index is 1530. The Morgan fingerprint density at radius 3 is 2.40 bits per heavy atom. The minimum absolute atomic E-state index is 0.0415. The zero-order chi connectivity index (χ0) is 29.4. The Kier molecular flexibility index (Phi) is 9.84. The molecule has 0 fully saturated rings. The van der Waals surface area contributed by atoms with Gasteiger partial charge in [0.2, 0.25) is 15.9 Å². The maximum atomic E-state index is 13.6. The summed E-state index contributed by atoms with van der Waals surface area (Å²) in [7, 11) is -4.06. The van der Waals surface area contributed by atoms with Crippen molar-refractivity contribution in [2.24, 2.45) is 0 Å². The SMILES string of the molecule is CCOC(=O)CN(C(Cc1ccc(NO)c(N)c1C)C(=O)Nc1ccc(-c2ccccc2C#N)cc1)S(C)(=O)=O. The highest BCUT2D eigenvalue weighted by Crippen LogP contribution is 2.28. The van der Waals surface area contributed by atoms with E-state index in [2.05, 4.69) is 11.4 Å². The van der Waals surface area contributed by atoms with Gasteiger partial charge in [-0.2, -0.15) is 9.57 Å². The van der Waals surface area contributed by atoms with E-state index in [0.717, 1.165) is 21.7 Å². The molecule has 1 amide bonds. The number of carbonyl (C=O) groups is 2. The lowest BCUT2D eigenvalue weighted by atomic mass is 9.98. The molecule has 40 heavy (non-hydrogen) atoms. The van der Waals surface area contributed by atoms with E-state index < -0.39 is 34.5 Å². The summed E-state index contributed by atoms with van der Waals surface area (Å²) >= 11 is 0. The maximum Gasteiger partial charge on any atom is 0.321 e. The number of nitrogens with two attached hydrogens (primary N) is 1. The minimum atomic E-state index is -4.06. The lowest BCUT2D eigenvalue weighted by Gasteiger charge is -2.29. The van der Waals surface area contributed by atoms with E-state index in [1.54, 1.807) is 56.3 Å². The first kappa shape index (κ1) is 30.1. The molecular formula is C28H31N5O6S. The van der Waals surface area contributed by atoms with Crippen LogP contribution in [0.5, 0.6) is 0 Å². The molecule has 0 aliphatic heterocycles. The number of anilines is 3. The van der Waals surface area contributed by atoms with E-state index in [1.807, 2.05) is 17.6 Å². The third kappa shape index (κ3) is 7.15. The summed E-state index contributed by atoms with van der Waals surface area (Å²) < 4.78 is 31.4. The number of hydrogen-bond donors (Lipinski definition) is 4. The third-order valence-corrected chi connectivity index (χ3v) is 7.57. The number of sulfonamides is 1. The van der Waals surface area contributed by atoms with Crippen molar-refractivity contribution >= 4 is 39.0 Å². The molecular weight excluding hydrogens is 534 g/mol. The molecule has 5 N–H and O–H groups in total. The van der Waals surface area contributed by atoms with Crippen LogP contribution < -0.4 is 16.5 Å². The Morgan fingerprint density at radius 2 is 1.80 bits per heavy atom. The zero-order valence-electron chi connectivity index (χ0n) is 22.3. The van der Waals surface area contributed by atoms with E-state index in [0.29, 0.717) is 22.4 Å². The molecule has 0 bridgehead atoms. The quantitative estimate of drug-likeness (QED) is 0.154. The molecule has 3 aromatic carbocycles. The molecule has 3 aromatic rings. The van der Waals surface area contributed by atoms with E-state index in [9.17, 15) is 28.5 Å². The first-order valence-corrected chi connectivity index (χ1v) is 14.2. The predicted molar refractivity (Wildman–Crippen MR) is 152 cm³/mol. The molecule has 0 aliphatic carbocycles. The zero-order valence-corrected chi connectivity index (χ0v) is 23.2. The number of ether oxygens (including phenoxy) is 1. The van der Waals surface area contributed by atoms with Crippen molar-refractivity contribution in [3.63, 3.8) is 0 Å². The van der Waals surface area contributed by atoms with Crippen molar-refractivity contribution in [1.82, 2.24) is 4.31 Å². The molecule has 0 aromatic heterocycles. The normalized spacial score (nSPS) is 11.9. The van der Waals surface area contributed by atoms with E-state index >= 15 is 0 Å². The Hall–Kier alpha value is -4.44. The average molecular weight is 566 g/mol. The van der Waals surface area contributed by atoms with Crippen LogP contribution >= 0.6 is 0 Å². The van der Waals surface area contributed by atoms with Crippen molar-refractivity contribution in [2.75, 3.05) is 35.9 Å². The molecule has 0 aliphatic rings. The largest absolute Gasteiger partial charge is 0.465 e. The van der Waals surface area contributed by atoms with Crippen LogP contribution in [0.4, 0.5) is 17.1 Å². The number of rotatable bonds is 11. The number of nitrogen functional groups attached to an aromatic ring is 1. The molecule has 0 heterocycles. The van der Waals surface area contributed by atoms with Gasteiger partial charge in [0.05, 0.1) is 35.9 Å². The monoisotopic (exact) mass is 565 g/mol. The number of nitrogens with one attached hydrogen (secondary N) is 2. The summed E-state index contributed by atoms with van der Waals surface area (Å²) in [6.07, 6.45) is 0.793. The van der Waals surface area contributed by atoms with Crippen LogP contribution in [0, 0.1) is 18.3 Å². The van der Waals surface area contributed by atoms with Gasteiger partial charge in [-0.15, -0.1) is 0 Å². The number of carbonyl (C=O) groups excluding carboxylic acids is 2. The fourth-order valence-electron chi connectivity index (χ4n) is 4.21. The van der Waals surface area contributed by atoms with Gasteiger partial charge in [-0.1, -0.05) is 36.4 Å². The smallest absolute Gasteiger partial charge is 0.321 e. The minimum Gasteiger partial charge on any atom is -0.465 e. The van der Waals surface area contributed by atoms with Crippen LogP contribution in [0.2, 0.25) is 0 Å². The summed E-state index contributed by atoms with van der Waals surface area (Å²) in [5, 5.41) is 21.4. The molecule has 1 unspecified atom stereocenters. The van der Waals surface area contributed by atoms with Crippen LogP contribution in [0.3, 0.4) is 0 Å². The van der Waals surface area contributed by atoms with Crippen LogP contribution in [-0.2, 0) is 30.8 Å². The fourth-order valence-corrected chi connectivity index (χ4v) is 5.18. The highest BCUT2D eigenvalue weighted by molar-refractivity contribution is 7.88. The molecule has 0 spiro atoms. The van der Waals surface area contributed by atoms with Crippen molar-refractivity contribution in [3.8, 4) is 17.2 Å². The van der Waals surface area contributed by atoms with Gasteiger partial charge in [0.1, 0.15) is 12.6 Å². The standard InChI is InChI=1S/C28H31N5O6S/c1-4-39-26(34)17-33(40(3,37)38)25(15-20-11-14-24(32-36)27(30)18(20)2)28(35)31-22-12-9-19(10-13-22)23-8-6-5-7-21(23)16-29/h5-14,25,32,36H,4,15,17,30H2,1-3H3,(H,31,35). The van der Waals surface area contributed by atoms with Crippen molar-refractivity contribution in [1.29, 1.82) is 5.26 Å². The summed E-state index contributed by atoms with van der Waals surface area (Å²) in [6.45, 7) is 2.64. The Morgan fingerprint density at radius 1 is 1.12 bits per heavy atom. The summed E-state index contributed by atoms with van der Waals surface area (Å²) in [4.78, 5) is 26.0. The second-order valence-corrected chi connectivity index (χ2v) is 10.9. The van der Waals surface area contributed by atoms with Gasteiger partial charge < -0.3 is 15.8 Å². The number of esters is 1. The van der Waals surface area contributed by atoms with Crippen LogP contribution in [0.1, 0.15) is 23.6 Å². The predicted octanol–water partition coefficient (Wildman–Crippen LogP) is 3.29.